The van der Waals surface area contributed by atoms with E-state index in [-0.39, 0.29) is 29.8 Å². The van der Waals surface area contributed by atoms with Crippen molar-refractivity contribution in [3.63, 3.8) is 0 Å². The molecule has 1 atom stereocenters. The first kappa shape index (κ1) is 25.8. The van der Waals surface area contributed by atoms with Crippen molar-refractivity contribution < 1.29 is 14.0 Å². The third-order valence-corrected chi connectivity index (χ3v) is 8.10. The number of nitrogens with zero attached hydrogens (tertiary/aromatic N) is 5. The summed E-state index contributed by atoms with van der Waals surface area (Å²) < 4.78 is 15.1. The Morgan fingerprint density at radius 3 is 2.68 bits per heavy atom. The maximum atomic E-state index is 13.4. The van der Waals surface area contributed by atoms with E-state index in [9.17, 15) is 14.0 Å². The molecule has 2 amide bonds. The van der Waals surface area contributed by atoms with E-state index >= 15 is 0 Å². The van der Waals surface area contributed by atoms with E-state index in [0.717, 1.165) is 21.7 Å². The number of aromatic nitrogens is 3. The van der Waals surface area contributed by atoms with Crippen LogP contribution >= 0.6 is 23.1 Å². The molecule has 8 nitrogen and oxygen atoms in total. The van der Waals surface area contributed by atoms with Gasteiger partial charge in [0.05, 0.1) is 28.9 Å². The van der Waals surface area contributed by atoms with Crippen LogP contribution < -0.4 is 5.32 Å². The van der Waals surface area contributed by atoms with Crippen molar-refractivity contribution in [2.75, 3.05) is 5.75 Å². The number of carbonyl (C=O) groups is 2. The van der Waals surface area contributed by atoms with Crippen LogP contribution in [0.15, 0.2) is 76.3 Å². The van der Waals surface area contributed by atoms with Crippen molar-refractivity contribution in [2.45, 2.75) is 31.1 Å². The lowest BCUT2D eigenvalue weighted by molar-refractivity contribution is -0.130. The fraction of sp³-hybridized carbons (Fsp3) is 0.222. The van der Waals surface area contributed by atoms with E-state index < -0.39 is 11.7 Å². The summed E-state index contributed by atoms with van der Waals surface area (Å²) in [5.41, 5.74) is 3.33. The third kappa shape index (κ3) is 5.68. The maximum Gasteiger partial charge on any atom is 0.253 e. The van der Waals surface area contributed by atoms with Crippen molar-refractivity contribution in [1.29, 1.82) is 0 Å². The van der Waals surface area contributed by atoms with Crippen LogP contribution in [0.25, 0.3) is 0 Å². The van der Waals surface area contributed by atoms with Crippen LogP contribution in [0.5, 0.6) is 0 Å². The van der Waals surface area contributed by atoms with Gasteiger partial charge in [-0.3, -0.25) is 9.59 Å². The van der Waals surface area contributed by atoms with Gasteiger partial charge in [-0.2, -0.15) is 5.10 Å². The minimum Gasteiger partial charge on any atom is -0.345 e. The summed E-state index contributed by atoms with van der Waals surface area (Å²) in [5.74, 6) is -0.371. The Kier molecular flexibility index (Phi) is 7.66. The van der Waals surface area contributed by atoms with Crippen LogP contribution in [0.4, 0.5) is 4.39 Å². The van der Waals surface area contributed by atoms with Crippen molar-refractivity contribution in [2.24, 2.45) is 12.1 Å². The number of aryl methyl sites for hydroxylation is 1. The molecule has 0 fully saturated rings. The van der Waals surface area contributed by atoms with Crippen LogP contribution in [0, 0.1) is 12.7 Å². The molecule has 0 saturated carbocycles. The topological polar surface area (TPSA) is 92.5 Å². The quantitative estimate of drug-likeness (QED) is 0.322. The van der Waals surface area contributed by atoms with Crippen molar-refractivity contribution in [3.8, 4) is 0 Å². The van der Waals surface area contributed by atoms with Crippen molar-refractivity contribution >= 4 is 40.6 Å². The van der Waals surface area contributed by atoms with Gasteiger partial charge in [0.15, 0.2) is 11.0 Å². The molecular weight excluding hydrogens is 523 g/mol. The molecule has 5 rings (SSSR count). The van der Waals surface area contributed by atoms with Crippen molar-refractivity contribution in [3.05, 3.63) is 99.3 Å². The van der Waals surface area contributed by atoms with Gasteiger partial charge in [0.2, 0.25) is 0 Å². The highest BCUT2D eigenvalue weighted by molar-refractivity contribution is 7.99. The molecule has 0 radical (unpaired) electrons. The second-order valence-corrected chi connectivity index (χ2v) is 10.7. The van der Waals surface area contributed by atoms with Crippen LogP contribution in [0.2, 0.25) is 0 Å². The summed E-state index contributed by atoms with van der Waals surface area (Å²) in [6.45, 7) is 2.15. The second-order valence-electron chi connectivity index (χ2n) is 8.83. The summed E-state index contributed by atoms with van der Waals surface area (Å²) in [7, 11) is 1.77. The monoisotopic (exact) mass is 548 g/mol. The molecule has 11 heteroatoms. The lowest BCUT2D eigenvalue weighted by Crippen LogP contribution is -2.28. The Hall–Kier alpha value is -3.83. The third-order valence-electron chi connectivity index (χ3n) is 6.18. The Bertz CT molecular complexity index is 1480. The first-order valence-corrected chi connectivity index (χ1v) is 13.8. The first-order chi connectivity index (χ1) is 18.4. The highest BCUT2D eigenvalue weighted by Crippen LogP contribution is 2.34. The van der Waals surface area contributed by atoms with Gasteiger partial charge in [0, 0.05) is 19.0 Å². The molecule has 1 aliphatic rings. The van der Waals surface area contributed by atoms with E-state index in [1.54, 1.807) is 28.0 Å². The second kappa shape index (κ2) is 11.3. The molecule has 0 spiro atoms. The summed E-state index contributed by atoms with van der Waals surface area (Å²) in [6.07, 6.45) is 0.652. The lowest BCUT2D eigenvalue weighted by Gasteiger charge is -2.22. The zero-order valence-corrected chi connectivity index (χ0v) is 22.4. The Morgan fingerprint density at radius 2 is 1.95 bits per heavy atom. The minimum absolute atomic E-state index is 0.115. The molecule has 38 heavy (non-hydrogen) atoms. The number of hydrazone groups is 1. The number of benzene rings is 2. The largest absolute Gasteiger partial charge is 0.345 e. The number of thioether (sulfide) groups is 1. The van der Waals surface area contributed by atoms with Gasteiger partial charge in [-0.15, -0.1) is 21.5 Å². The van der Waals surface area contributed by atoms with Gasteiger partial charge in [0.1, 0.15) is 5.82 Å². The average Bonchev–Trinajstić information content (AvgIpc) is 3.67. The highest BCUT2D eigenvalue weighted by Gasteiger charge is 2.33. The Labute approximate surface area is 227 Å². The smallest absolute Gasteiger partial charge is 0.253 e. The van der Waals surface area contributed by atoms with E-state index in [2.05, 4.69) is 15.5 Å². The predicted molar refractivity (Wildman–Crippen MR) is 146 cm³/mol. The number of thiophene rings is 1. The molecule has 0 saturated heterocycles. The number of hydrogen-bond donors (Lipinski definition) is 1. The van der Waals surface area contributed by atoms with E-state index in [1.807, 2.05) is 48.7 Å². The zero-order valence-electron chi connectivity index (χ0n) is 20.8. The first-order valence-electron chi connectivity index (χ1n) is 11.9. The summed E-state index contributed by atoms with van der Waals surface area (Å²) in [4.78, 5) is 26.7. The fourth-order valence-electron chi connectivity index (χ4n) is 4.09. The number of hydrogen-bond acceptors (Lipinski definition) is 7. The van der Waals surface area contributed by atoms with Gasteiger partial charge in [-0.1, -0.05) is 53.7 Å². The normalized spacial score (nSPS) is 15.0. The van der Waals surface area contributed by atoms with Crippen LogP contribution in [0.1, 0.15) is 44.6 Å². The molecule has 4 aromatic rings. The molecule has 1 N–H and O–H groups in total. The molecule has 2 aromatic heterocycles. The Morgan fingerprint density at radius 1 is 1.13 bits per heavy atom. The summed E-state index contributed by atoms with van der Waals surface area (Å²) in [6, 6.07) is 17.5. The highest BCUT2D eigenvalue weighted by atomic mass is 32.2. The number of amides is 2. The van der Waals surface area contributed by atoms with Crippen LogP contribution in [0.3, 0.4) is 0 Å². The molecule has 1 unspecified atom stereocenters. The average molecular weight is 549 g/mol. The summed E-state index contributed by atoms with van der Waals surface area (Å²) in [5, 5.41) is 19.9. The lowest BCUT2D eigenvalue weighted by atomic mass is 10.00. The maximum absolute atomic E-state index is 13.4. The molecular formula is C27H25FN6O2S2. The number of nitrogens with one attached hydrogen (secondary N) is 1. The number of rotatable bonds is 8. The SMILES string of the molecule is Cc1ccc(C2CC(c3cccs3)=NN2C(=O)CSc2nnc(CNC(=O)c3cccc(F)c3)n2C)cc1. The van der Waals surface area contributed by atoms with Gasteiger partial charge >= 0.3 is 0 Å². The molecule has 2 aromatic carbocycles. The molecule has 3 heterocycles. The number of carbonyl (C=O) groups excluding carboxylic acids is 2. The van der Waals surface area contributed by atoms with Gasteiger partial charge in [-0.25, -0.2) is 9.40 Å². The zero-order chi connectivity index (χ0) is 26.6. The van der Waals surface area contributed by atoms with Crippen molar-refractivity contribution in [1.82, 2.24) is 25.1 Å². The van der Waals surface area contributed by atoms with Gasteiger partial charge < -0.3 is 9.88 Å². The predicted octanol–water partition coefficient (Wildman–Crippen LogP) is 4.72. The Balaban J connectivity index is 1.25. The van der Waals surface area contributed by atoms with Crippen LogP contribution in [-0.2, 0) is 18.4 Å². The van der Waals surface area contributed by atoms with E-state index in [1.165, 1.54) is 36.0 Å². The molecule has 0 bridgehead atoms. The van der Waals surface area contributed by atoms with Gasteiger partial charge in [0.25, 0.3) is 11.8 Å². The van der Waals surface area contributed by atoms with E-state index in [4.69, 9.17) is 5.10 Å². The van der Waals surface area contributed by atoms with Crippen LogP contribution in [-0.4, -0.2) is 43.1 Å². The van der Waals surface area contributed by atoms with Gasteiger partial charge in [-0.05, 0) is 42.1 Å². The standard InChI is InChI=1S/C27H25FN6O2S2/c1-17-8-10-18(11-9-17)22-14-21(23-7-4-12-37-23)32-34(22)25(35)16-38-27-31-30-24(33(27)2)15-29-26(36)19-5-3-6-20(28)13-19/h3-13,22H,14-16H2,1-2H3,(H,29,36). The molecule has 0 aliphatic carbocycles. The fourth-order valence-corrected chi connectivity index (χ4v) is 5.59. The molecule has 194 valence electrons. The number of halogens is 1. The minimum atomic E-state index is -0.478. The summed E-state index contributed by atoms with van der Waals surface area (Å²) >= 11 is 2.87. The van der Waals surface area contributed by atoms with E-state index in [0.29, 0.717) is 17.4 Å². The molecule has 1 aliphatic heterocycles.